The molecule has 2 aromatic rings. The van der Waals surface area contributed by atoms with Crippen molar-refractivity contribution in [2.24, 2.45) is 0 Å². The summed E-state index contributed by atoms with van der Waals surface area (Å²) in [6.07, 6.45) is 7.48. The summed E-state index contributed by atoms with van der Waals surface area (Å²) in [5.74, 6) is 1.53. The molecule has 1 saturated heterocycles. The molecule has 5 rings (SSSR count). The zero-order chi connectivity index (χ0) is 21.3. The van der Waals surface area contributed by atoms with Crippen LogP contribution >= 0.6 is 11.3 Å². The number of ether oxygens (including phenoxy) is 2. The molecular formula is C23H27N3O4S. The molecular weight excluding hydrogens is 414 g/mol. The molecule has 0 bridgehead atoms. The fourth-order valence-electron chi connectivity index (χ4n) is 4.72. The first-order chi connectivity index (χ1) is 15.1. The van der Waals surface area contributed by atoms with Gasteiger partial charge in [0.2, 0.25) is 18.6 Å². The number of aromatic nitrogens is 1. The van der Waals surface area contributed by atoms with Gasteiger partial charge in [-0.05, 0) is 62.6 Å². The third-order valence-electron chi connectivity index (χ3n) is 6.37. The lowest BCUT2D eigenvalue weighted by Crippen LogP contribution is -2.44. The first kappa shape index (κ1) is 20.3. The van der Waals surface area contributed by atoms with Crippen LogP contribution in [-0.2, 0) is 35.4 Å². The number of hydrogen-bond acceptors (Lipinski definition) is 6. The van der Waals surface area contributed by atoms with E-state index >= 15 is 0 Å². The molecule has 1 atom stereocenters. The van der Waals surface area contributed by atoms with Gasteiger partial charge in [-0.1, -0.05) is 6.07 Å². The Balaban J connectivity index is 1.18. The van der Waals surface area contributed by atoms with Gasteiger partial charge in [-0.3, -0.25) is 9.59 Å². The Morgan fingerprint density at radius 2 is 2.06 bits per heavy atom. The Morgan fingerprint density at radius 3 is 2.90 bits per heavy atom. The number of nitrogens with one attached hydrogen (secondary N) is 2. The standard InChI is InChI=1S/C23H27N3O4S/c27-20(24-13-22-25-16-3-1-2-4-19(16)31-22)7-9-23(10-8-21(28)26-23)12-15-5-6-17-18(11-15)30-14-29-17/h5-6,11H,1-4,7-10,12-14H2,(H,24,27)(H,26,28)/t23-/m1/s1. The number of amides is 2. The summed E-state index contributed by atoms with van der Waals surface area (Å²) in [6, 6.07) is 5.88. The van der Waals surface area contributed by atoms with Gasteiger partial charge in [0.15, 0.2) is 11.5 Å². The molecule has 3 aliphatic rings. The molecule has 3 heterocycles. The average Bonchev–Trinajstić information content (AvgIpc) is 3.49. The van der Waals surface area contributed by atoms with E-state index in [1.54, 1.807) is 11.3 Å². The van der Waals surface area contributed by atoms with Crippen LogP contribution < -0.4 is 20.1 Å². The van der Waals surface area contributed by atoms with Crippen molar-refractivity contribution in [3.05, 3.63) is 39.3 Å². The second-order valence-corrected chi connectivity index (χ2v) is 9.82. The van der Waals surface area contributed by atoms with Gasteiger partial charge in [0.1, 0.15) is 5.01 Å². The number of thiazole rings is 1. The van der Waals surface area contributed by atoms with Crippen molar-refractivity contribution in [1.29, 1.82) is 0 Å². The molecule has 1 aliphatic carbocycles. The maximum absolute atomic E-state index is 12.6. The lowest BCUT2D eigenvalue weighted by Gasteiger charge is -2.29. The third kappa shape index (κ3) is 4.54. The SMILES string of the molecule is O=C(CC[C@]1(Cc2ccc3c(c2)OCO3)CCC(=O)N1)NCc1nc2c(s1)CCCC2. The Labute approximate surface area is 185 Å². The minimum Gasteiger partial charge on any atom is -0.454 e. The quantitative estimate of drug-likeness (QED) is 0.689. The number of rotatable bonds is 7. The topological polar surface area (TPSA) is 89.5 Å². The van der Waals surface area contributed by atoms with Gasteiger partial charge in [-0.2, -0.15) is 0 Å². The Hall–Kier alpha value is -2.61. The highest BCUT2D eigenvalue weighted by molar-refractivity contribution is 7.11. The molecule has 0 spiro atoms. The third-order valence-corrected chi connectivity index (χ3v) is 7.53. The van der Waals surface area contributed by atoms with E-state index in [0.717, 1.165) is 41.3 Å². The van der Waals surface area contributed by atoms with Gasteiger partial charge >= 0.3 is 0 Å². The predicted octanol–water partition coefficient (Wildman–Crippen LogP) is 3.04. The molecule has 164 valence electrons. The van der Waals surface area contributed by atoms with Crippen molar-refractivity contribution in [3.63, 3.8) is 0 Å². The van der Waals surface area contributed by atoms with E-state index in [1.807, 2.05) is 18.2 Å². The van der Waals surface area contributed by atoms with E-state index in [4.69, 9.17) is 14.5 Å². The summed E-state index contributed by atoms with van der Waals surface area (Å²) in [6.45, 7) is 0.723. The summed E-state index contributed by atoms with van der Waals surface area (Å²) >= 11 is 1.73. The summed E-state index contributed by atoms with van der Waals surface area (Å²) < 4.78 is 10.9. The lowest BCUT2D eigenvalue weighted by molar-refractivity contribution is -0.122. The molecule has 8 heteroatoms. The number of nitrogens with zero attached hydrogens (tertiary/aromatic N) is 1. The minimum absolute atomic E-state index is 0.000572. The predicted molar refractivity (Wildman–Crippen MR) is 116 cm³/mol. The molecule has 7 nitrogen and oxygen atoms in total. The van der Waals surface area contributed by atoms with Crippen LogP contribution in [0.5, 0.6) is 11.5 Å². The normalized spacial score (nSPS) is 21.6. The first-order valence-electron chi connectivity index (χ1n) is 11.0. The van der Waals surface area contributed by atoms with Crippen molar-refractivity contribution in [3.8, 4) is 11.5 Å². The molecule has 2 N–H and O–H groups in total. The Kier molecular flexibility index (Phi) is 5.56. The van der Waals surface area contributed by atoms with Crippen molar-refractivity contribution in [2.45, 2.75) is 69.9 Å². The smallest absolute Gasteiger partial charge is 0.231 e. The molecule has 31 heavy (non-hydrogen) atoms. The van der Waals surface area contributed by atoms with Gasteiger partial charge in [0.05, 0.1) is 12.2 Å². The first-order valence-corrected chi connectivity index (χ1v) is 11.8. The molecule has 1 aromatic carbocycles. The minimum atomic E-state index is -0.400. The summed E-state index contributed by atoms with van der Waals surface area (Å²) in [7, 11) is 0. The average molecular weight is 442 g/mol. The van der Waals surface area contributed by atoms with Crippen LogP contribution in [0.3, 0.4) is 0 Å². The maximum atomic E-state index is 12.6. The summed E-state index contributed by atoms with van der Waals surface area (Å²) in [5, 5.41) is 7.15. The van der Waals surface area contributed by atoms with Crippen LogP contribution in [-0.4, -0.2) is 29.1 Å². The number of benzene rings is 1. The zero-order valence-corrected chi connectivity index (χ0v) is 18.3. The van der Waals surface area contributed by atoms with Crippen LogP contribution in [0.2, 0.25) is 0 Å². The van der Waals surface area contributed by atoms with E-state index in [2.05, 4.69) is 10.6 Å². The van der Waals surface area contributed by atoms with E-state index in [9.17, 15) is 9.59 Å². The highest BCUT2D eigenvalue weighted by Crippen LogP contribution is 2.36. The second-order valence-electron chi connectivity index (χ2n) is 8.65. The molecule has 2 amide bonds. The molecule has 1 aromatic heterocycles. The zero-order valence-electron chi connectivity index (χ0n) is 17.5. The van der Waals surface area contributed by atoms with E-state index in [0.29, 0.717) is 32.2 Å². The Bertz CT molecular complexity index is 981. The molecule has 2 aliphatic heterocycles. The van der Waals surface area contributed by atoms with Gasteiger partial charge in [0, 0.05) is 23.3 Å². The number of carbonyl (C=O) groups is 2. The Morgan fingerprint density at radius 1 is 1.19 bits per heavy atom. The molecule has 0 saturated carbocycles. The van der Waals surface area contributed by atoms with Gasteiger partial charge < -0.3 is 20.1 Å². The highest BCUT2D eigenvalue weighted by Gasteiger charge is 2.38. The van der Waals surface area contributed by atoms with Crippen LogP contribution in [0.25, 0.3) is 0 Å². The number of fused-ring (bicyclic) bond motifs is 2. The van der Waals surface area contributed by atoms with Crippen molar-refractivity contribution < 1.29 is 19.1 Å². The maximum Gasteiger partial charge on any atom is 0.231 e. The number of aryl methyl sites for hydroxylation is 2. The van der Waals surface area contributed by atoms with E-state index < -0.39 is 5.54 Å². The van der Waals surface area contributed by atoms with Crippen molar-refractivity contribution in [2.75, 3.05) is 6.79 Å². The van der Waals surface area contributed by atoms with Gasteiger partial charge in [-0.15, -0.1) is 11.3 Å². The monoisotopic (exact) mass is 441 g/mol. The second kappa shape index (κ2) is 8.49. The van der Waals surface area contributed by atoms with Crippen molar-refractivity contribution >= 4 is 23.2 Å². The van der Waals surface area contributed by atoms with E-state index in [1.165, 1.54) is 23.4 Å². The van der Waals surface area contributed by atoms with Crippen LogP contribution in [0.15, 0.2) is 18.2 Å². The highest BCUT2D eigenvalue weighted by atomic mass is 32.1. The van der Waals surface area contributed by atoms with Crippen LogP contribution in [0.1, 0.15) is 59.7 Å². The number of hydrogen-bond donors (Lipinski definition) is 2. The van der Waals surface area contributed by atoms with E-state index in [-0.39, 0.29) is 18.6 Å². The summed E-state index contributed by atoms with van der Waals surface area (Å²) in [4.78, 5) is 30.7. The van der Waals surface area contributed by atoms with Crippen molar-refractivity contribution in [1.82, 2.24) is 15.6 Å². The molecule has 1 fully saturated rings. The lowest BCUT2D eigenvalue weighted by atomic mass is 9.85. The fourth-order valence-corrected chi connectivity index (χ4v) is 5.82. The largest absolute Gasteiger partial charge is 0.454 e. The molecule has 0 unspecified atom stereocenters. The van der Waals surface area contributed by atoms with Crippen LogP contribution in [0, 0.1) is 0 Å². The summed E-state index contributed by atoms with van der Waals surface area (Å²) in [5.41, 5.74) is 1.89. The number of carbonyl (C=O) groups excluding carboxylic acids is 2. The molecule has 0 radical (unpaired) electrons. The van der Waals surface area contributed by atoms with Crippen LogP contribution in [0.4, 0.5) is 0 Å². The van der Waals surface area contributed by atoms with Gasteiger partial charge in [0.25, 0.3) is 0 Å². The van der Waals surface area contributed by atoms with Gasteiger partial charge in [-0.25, -0.2) is 4.98 Å². The fraction of sp³-hybridized carbons (Fsp3) is 0.522.